The van der Waals surface area contributed by atoms with Crippen LogP contribution in [0.25, 0.3) is 0 Å². The summed E-state index contributed by atoms with van der Waals surface area (Å²) in [5, 5.41) is 9.53. The molecule has 10 heteroatoms. The highest BCUT2D eigenvalue weighted by Crippen LogP contribution is 2.55. The summed E-state index contributed by atoms with van der Waals surface area (Å²) in [4.78, 5) is 11.8. The number of aliphatic carboxylic acids is 1. The first-order chi connectivity index (χ1) is 14.8. The Hall–Kier alpha value is -2.75. The molecule has 32 heavy (non-hydrogen) atoms. The Balaban J connectivity index is 2.13. The van der Waals surface area contributed by atoms with Crippen molar-refractivity contribution in [2.45, 2.75) is 50.4 Å². The number of carbonyl (C=O) groups is 1. The standard InChI is InChI=1S/C22H20F6O4/c1-12-16(18(19(29)30)32-20(12,2)22(26,27)28)14-9-6-10-15(21(23,24)25)17(14)31-11-13-7-4-3-5-8-13/h3-10,12,16,18H,11H2,1-2H3,(H,29,30). The van der Waals surface area contributed by atoms with E-state index in [1.54, 1.807) is 30.3 Å². The van der Waals surface area contributed by atoms with Gasteiger partial charge in [0.2, 0.25) is 0 Å². The molecule has 1 aliphatic rings. The number of benzene rings is 2. The number of carboxylic acids is 1. The van der Waals surface area contributed by atoms with Gasteiger partial charge in [-0.3, -0.25) is 0 Å². The van der Waals surface area contributed by atoms with Crippen molar-refractivity contribution >= 4 is 5.97 Å². The summed E-state index contributed by atoms with van der Waals surface area (Å²) >= 11 is 0. The maximum Gasteiger partial charge on any atom is 0.419 e. The molecule has 4 atom stereocenters. The van der Waals surface area contributed by atoms with Crippen molar-refractivity contribution in [1.29, 1.82) is 0 Å². The molecule has 3 rings (SSSR count). The van der Waals surface area contributed by atoms with E-state index in [-0.39, 0.29) is 12.2 Å². The molecule has 4 nitrogen and oxygen atoms in total. The molecule has 1 heterocycles. The predicted octanol–water partition coefficient (Wildman–Crippen LogP) is 5.81. The summed E-state index contributed by atoms with van der Waals surface area (Å²) in [7, 11) is 0. The first-order valence-corrected chi connectivity index (χ1v) is 9.61. The molecule has 2 aromatic rings. The minimum atomic E-state index is -4.94. The molecule has 0 aromatic heterocycles. The Morgan fingerprint density at radius 1 is 1.06 bits per heavy atom. The summed E-state index contributed by atoms with van der Waals surface area (Å²) in [6.07, 6.45) is -11.8. The maximum atomic E-state index is 13.7. The lowest BCUT2D eigenvalue weighted by atomic mass is 9.76. The summed E-state index contributed by atoms with van der Waals surface area (Å²) in [6, 6.07) is 11.1. The second-order valence-corrected chi connectivity index (χ2v) is 7.79. The van der Waals surface area contributed by atoms with Gasteiger partial charge in [-0.15, -0.1) is 0 Å². The number of hydrogen-bond acceptors (Lipinski definition) is 3. The molecule has 1 N–H and O–H groups in total. The number of alkyl halides is 6. The van der Waals surface area contributed by atoms with Gasteiger partial charge in [0.15, 0.2) is 11.7 Å². The van der Waals surface area contributed by atoms with E-state index in [1.165, 1.54) is 0 Å². The highest BCUT2D eigenvalue weighted by atomic mass is 19.4. The van der Waals surface area contributed by atoms with Crippen LogP contribution in [0.5, 0.6) is 5.75 Å². The summed E-state index contributed by atoms with van der Waals surface area (Å²) < 4.78 is 92.8. The number of rotatable bonds is 5. The summed E-state index contributed by atoms with van der Waals surface area (Å²) in [5.41, 5.74) is -3.85. The zero-order valence-electron chi connectivity index (χ0n) is 17.0. The van der Waals surface area contributed by atoms with Gasteiger partial charge in [-0.1, -0.05) is 49.4 Å². The van der Waals surface area contributed by atoms with Crippen LogP contribution in [0.4, 0.5) is 26.3 Å². The molecule has 2 aromatic carbocycles. The second kappa shape index (κ2) is 8.31. The van der Waals surface area contributed by atoms with E-state index < -0.39 is 53.2 Å². The highest BCUT2D eigenvalue weighted by molar-refractivity contribution is 5.75. The fourth-order valence-corrected chi connectivity index (χ4v) is 3.94. The van der Waals surface area contributed by atoms with Gasteiger partial charge < -0.3 is 14.6 Å². The van der Waals surface area contributed by atoms with E-state index >= 15 is 0 Å². The van der Waals surface area contributed by atoms with Crippen LogP contribution >= 0.6 is 0 Å². The van der Waals surface area contributed by atoms with Crippen LogP contribution in [-0.4, -0.2) is 29.0 Å². The fourth-order valence-electron chi connectivity index (χ4n) is 3.94. The molecular weight excluding hydrogens is 442 g/mol. The van der Waals surface area contributed by atoms with Crippen molar-refractivity contribution in [3.05, 3.63) is 65.2 Å². The van der Waals surface area contributed by atoms with Gasteiger partial charge >= 0.3 is 18.3 Å². The summed E-state index contributed by atoms with van der Waals surface area (Å²) in [6.45, 7) is 1.52. The Kier molecular flexibility index (Phi) is 6.21. The minimum Gasteiger partial charge on any atom is -0.488 e. The lowest BCUT2D eigenvalue weighted by Crippen LogP contribution is -2.47. The molecule has 0 bridgehead atoms. The maximum absolute atomic E-state index is 13.7. The van der Waals surface area contributed by atoms with E-state index in [2.05, 4.69) is 0 Å². The van der Waals surface area contributed by atoms with Gasteiger partial charge in [-0.2, -0.15) is 26.3 Å². The third kappa shape index (κ3) is 4.28. The third-order valence-electron chi connectivity index (χ3n) is 5.85. The van der Waals surface area contributed by atoms with E-state index in [9.17, 15) is 36.2 Å². The first kappa shape index (κ1) is 23.9. The zero-order valence-corrected chi connectivity index (χ0v) is 17.0. The number of para-hydroxylation sites is 1. The van der Waals surface area contributed by atoms with Crippen molar-refractivity contribution < 1.29 is 45.7 Å². The van der Waals surface area contributed by atoms with Crippen LogP contribution in [-0.2, 0) is 22.3 Å². The number of halogens is 6. The molecule has 0 spiro atoms. The molecule has 1 saturated heterocycles. The smallest absolute Gasteiger partial charge is 0.419 e. The molecular formula is C22H20F6O4. The Bertz CT molecular complexity index is 973. The second-order valence-electron chi connectivity index (χ2n) is 7.79. The Morgan fingerprint density at radius 2 is 1.69 bits per heavy atom. The number of hydrogen-bond donors (Lipinski definition) is 1. The molecule has 0 aliphatic carbocycles. The molecule has 174 valence electrons. The van der Waals surface area contributed by atoms with Crippen LogP contribution in [0.1, 0.15) is 36.5 Å². The topological polar surface area (TPSA) is 55.8 Å². The van der Waals surface area contributed by atoms with Crippen molar-refractivity contribution in [1.82, 2.24) is 0 Å². The van der Waals surface area contributed by atoms with Gasteiger partial charge in [0.25, 0.3) is 0 Å². The molecule has 4 unspecified atom stereocenters. The predicted molar refractivity (Wildman–Crippen MR) is 101 cm³/mol. The van der Waals surface area contributed by atoms with Gasteiger partial charge in [-0.05, 0) is 18.6 Å². The average Bonchev–Trinajstić information content (AvgIpc) is 2.98. The highest BCUT2D eigenvalue weighted by Gasteiger charge is 2.66. The van der Waals surface area contributed by atoms with Crippen LogP contribution in [0.3, 0.4) is 0 Å². The van der Waals surface area contributed by atoms with Gasteiger partial charge in [0, 0.05) is 17.4 Å². The number of carboxylic acid groups (broad SMARTS) is 1. The monoisotopic (exact) mass is 462 g/mol. The molecule has 0 amide bonds. The van der Waals surface area contributed by atoms with Crippen LogP contribution in [0.15, 0.2) is 48.5 Å². The van der Waals surface area contributed by atoms with E-state index in [0.717, 1.165) is 25.1 Å². The lowest BCUT2D eigenvalue weighted by Gasteiger charge is -2.32. The normalized spacial score (nSPS) is 26.2. The largest absolute Gasteiger partial charge is 0.488 e. The summed E-state index contributed by atoms with van der Waals surface area (Å²) in [5.74, 6) is -5.46. The van der Waals surface area contributed by atoms with Crippen molar-refractivity contribution in [2.75, 3.05) is 0 Å². The van der Waals surface area contributed by atoms with E-state index in [0.29, 0.717) is 12.5 Å². The van der Waals surface area contributed by atoms with Crippen molar-refractivity contribution in [3.63, 3.8) is 0 Å². The zero-order chi connectivity index (χ0) is 23.9. The Labute approximate surface area is 179 Å². The fraction of sp³-hybridized carbons (Fsp3) is 0.409. The number of ether oxygens (including phenoxy) is 2. The lowest BCUT2D eigenvalue weighted by molar-refractivity contribution is -0.273. The van der Waals surface area contributed by atoms with Crippen LogP contribution in [0.2, 0.25) is 0 Å². The van der Waals surface area contributed by atoms with Crippen LogP contribution < -0.4 is 4.74 Å². The minimum absolute atomic E-state index is 0.294. The molecule has 1 fully saturated rings. The van der Waals surface area contributed by atoms with Gasteiger partial charge in [0.05, 0.1) is 5.56 Å². The van der Waals surface area contributed by atoms with Crippen molar-refractivity contribution in [2.24, 2.45) is 5.92 Å². The molecule has 1 aliphatic heterocycles. The van der Waals surface area contributed by atoms with Gasteiger partial charge in [0.1, 0.15) is 12.4 Å². The average molecular weight is 462 g/mol. The van der Waals surface area contributed by atoms with Gasteiger partial charge in [-0.25, -0.2) is 4.79 Å². The quantitative estimate of drug-likeness (QED) is 0.570. The van der Waals surface area contributed by atoms with Crippen LogP contribution in [0, 0.1) is 5.92 Å². The third-order valence-corrected chi connectivity index (χ3v) is 5.85. The molecule has 0 saturated carbocycles. The van der Waals surface area contributed by atoms with E-state index in [1.807, 2.05) is 0 Å². The SMILES string of the molecule is CC1C(c2cccc(C(F)(F)F)c2OCc2ccccc2)C(C(=O)O)OC1(C)C(F)(F)F. The molecule has 0 radical (unpaired) electrons. The van der Waals surface area contributed by atoms with E-state index in [4.69, 9.17) is 9.47 Å². The Morgan fingerprint density at radius 3 is 2.22 bits per heavy atom. The van der Waals surface area contributed by atoms with Crippen molar-refractivity contribution in [3.8, 4) is 5.75 Å². The first-order valence-electron chi connectivity index (χ1n) is 9.61.